The van der Waals surface area contributed by atoms with E-state index in [1.807, 2.05) is 6.07 Å². The van der Waals surface area contributed by atoms with E-state index in [1.165, 1.54) is 35.4 Å². The zero-order valence-corrected chi connectivity index (χ0v) is 26.4. The third-order valence-electron chi connectivity index (χ3n) is 11.2. The number of rotatable bonds is 8. The number of carbonyl (C=O) groups excluding carboxylic acids is 1. The van der Waals surface area contributed by atoms with Crippen LogP contribution in [-0.4, -0.2) is 53.5 Å². The average Bonchev–Trinajstić information content (AvgIpc) is 3.37. The summed E-state index contributed by atoms with van der Waals surface area (Å²) in [5, 5.41) is 13.1. The summed E-state index contributed by atoms with van der Waals surface area (Å²) in [6, 6.07) is 22.2. The fourth-order valence-electron chi connectivity index (χ4n) is 9.59. The summed E-state index contributed by atoms with van der Waals surface area (Å²) in [4.78, 5) is 13.3. The van der Waals surface area contributed by atoms with Crippen LogP contribution in [-0.2, 0) is 23.1 Å². The predicted molar refractivity (Wildman–Crippen MR) is 173 cm³/mol. The first-order valence-corrected chi connectivity index (χ1v) is 16.6. The molecule has 1 amide bonds. The van der Waals surface area contributed by atoms with Gasteiger partial charge in [0.15, 0.2) is 5.57 Å². The zero-order chi connectivity index (χ0) is 32.3. The van der Waals surface area contributed by atoms with Gasteiger partial charge in [-0.2, -0.15) is 13.2 Å². The Balaban J connectivity index is 1.26. The molecule has 5 nitrogen and oxygen atoms in total. The molecule has 2 N–H and O–H groups in total. The second kappa shape index (κ2) is 11.5. The molecule has 2 bridgehead atoms. The van der Waals surface area contributed by atoms with Crippen molar-refractivity contribution in [1.82, 2.24) is 0 Å². The van der Waals surface area contributed by atoms with E-state index in [0.29, 0.717) is 23.6 Å². The number of nitrogens with zero attached hydrogens (tertiary/aromatic N) is 1. The average molecular weight is 632 g/mol. The maximum atomic E-state index is 14.2. The Morgan fingerprint density at radius 1 is 1.04 bits per heavy atom. The molecule has 4 aliphatic rings. The molecule has 8 heteroatoms. The Hall–Kier alpha value is -3.78. The number of likely N-dealkylation sites (tertiary alicyclic amines) is 1. The SMILES string of the molecule is CC(C)C[N+]1(CCc2ccccc2)CC[C@]23c4c5ccc(NC(=O)C(=C(O)c6ccccc6)C(F)(F)F)c4O[C@H]2CCC[C@H]3[C@H]1C5. The van der Waals surface area contributed by atoms with Gasteiger partial charge in [0.05, 0.1) is 36.8 Å². The summed E-state index contributed by atoms with van der Waals surface area (Å²) in [6.07, 6.45) is 0.792. The first kappa shape index (κ1) is 30.9. The number of hydrogen-bond donors (Lipinski definition) is 2. The fraction of sp³-hybridized carbons (Fsp3) is 0.447. The van der Waals surface area contributed by atoms with E-state index in [0.717, 1.165) is 68.2 Å². The molecule has 1 unspecified atom stereocenters. The number of aliphatic hydroxyl groups excluding tert-OH is 1. The van der Waals surface area contributed by atoms with Crippen LogP contribution in [0.1, 0.15) is 61.8 Å². The number of carbonyl (C=O) groups is 1. The molecule has 1 spiro atoms. The van der Waals surface area contributed by atoms with Crippen molar-refractivity contribution in [2.45, 2.75) is 76.1 Å². The first-order chi connectivity index (χ1) is 22.0. The van der Waals surface area contributed by atoms with Crippen LogP contribution in [0.5, 0.6) is 5.75 Å². The van der Waals surface area contributed by atoms with Crippen LogP contribution >= 0.6 is 0 Å². The Morgan fingerprint density at radius 2 is 1.76 bits per heavy atom. The van der Waals surface area contributed by atoms with Gasteiger partial charge in [0.25, 0.3) is 5.91 Å². The van der Waals surface area contributed by atoms with Crippen LogP contribution in [0.25, 0.3) is 5.76 Å². The maximum Gasteiger partial charge on any atom is 0.425 e. The summed E-state index contributed by atoms with van der Waals surface area (Å²) in [6.45, 7) is 7.87. The highest BCUT2D eigenvalue weighted by Crippen LogP contribution is 2.64. The molecule has 0 radical (unpaired) electrons. The van der Waals surface area contributed by atoms with Gasteiger partial charge in [-0.1, -0.05) is 80.6 Å². The standard InChI is InChI=1S/C38H41F3N2O3/c1-24(2)23-43(20-18-25-10-5-3-6-11-25)21-19-37-28-14-9-15-31(37)46-35-29(17-16-27(32(35)37)22-30(28)43)42-36(45)33(38(39,40)41)34(44)26-12-7-4-8-13-26/h3-8,10-13,16-17,24,28,30-31H,9,14-15,18-23H2,1-2H3,(H-,42,44,45)/p+1/t28-,30+,31-,37+,43?/m0/s1. The van der Waals surface area contributed by atoms with Crippen molar-refractivity contribution in [3.63, 3.8) is 0 Å². The number of amides is 1. The van der Waals surface area contributed by atoms with Crippen molar-refractivity contribution in [3.05, 3.63) is 101 Å². The highest BCUT2D eigenvalue weighted by atomic mass is 19.4. The van der Waals surface area contributed by atoms with Crippen molar-refractivity contribution >= 4 is 17.4 Å². The normalized spacial score (nSPS) is 28.3. The third-order valence-corrected chi connectivity index (χ3v) is 11.2. The Bertz CT molecular complexity index is 1650. The van der Waals surface area contributed by atoms with Crippen LogP contribution < -0.4 is 10.1 Å². The number of benzene rings is 3. The van der Waals surface area contributed by atoms with Gasteiger partial charge in [-0.15, -0.1) is 0 Å². The molecule has 46 heavy (non-hydrogen) atoms. The van der Waals surface area contributed by atoms with E-state index in [9.17, 15) is 23.1 Å². The summed E-state index contributed by atoms with van der Waals surface area (Å²) in [7, 11) is 0. The molecule has 5 atom stereocenters. The molecule has 1 saturated heterocycles. The number of halogens is 3. The Morgan fingerprint density at radius 3 is 2.46 bits per heavy atom. The maximum absolute atomic E-state index is 14.2. The van der Waals surface area contributed by atoms with Gasteiger partial charge >= 0.3 is 6.18 Å². The molecule has 1 saturated carbocycles. The number of anilines is 1. The van der Waals surface area contributed by atoms with E-state index < -0.39 is 23.4 Å². The van der Waals surface area contributed by atoms with Gasteiger partial charge in [0.1, 0.15) is 17.6 Å². The Kier molecular flexibility index (Phi) is 7.70. The molecule has 242 valence electrons. The van der Waals surface area contributed by atoms with Crippen molar-refractivity contribution < 1.29 is 32.3 Å². The van der Waals surface area contributed by atoms with Gasteiger partial charge in [-0.05, 0) is 36.5 Å². The zero-order valence-electron chi connectivity index (χ0n) is 26.4. The molecule has 2 fully saturated rings. The van der Waals surface area contributed by atoms with Crippen molar-refractivity contribution in [1.29, 1.82) is 0 Å². The lowest BCUT2D eigenvalue weighted by atomic mass is 9.51. The minimum absolute atomic E-state index is 0.0634. The smallest absolute Gasteiger partial charge is 0.425 e. The Labute approximate surface area is 268 Å². The number of quaternary nitrogens is 1. The molecule has 2 aliphatic heterocycles. The van der Waals surface area contributed by atoms with Crippen molar-refractivity contribution in [2.75, 3.05) is 25.0 Å². The van der Waals surface area contributed by atoms with E-state index in [1.54, 1.807) is 12.1 Å². The number of hydrogen-bond acceptors (Lipinski definition) is 3. The predicted octanol–water partition coefficient (Wildman–Crippen LogP) is 8.00. The lowest BCUT2D eigenvalue weighted by molar-refractivity contribution is -0.964. The minimum atomic E-state index is -5.06. The van der Waals surface area contributed by atoms with E-state index in [4.69, 9.17) is 4.74 Å². The third kappa shape index (κ3) is 5.00. The number of ether oxygens (including phenoxy) is 1. The highest BCUT2D eigenvalue weighted by Gasteiger charge is 2.67. The fourth-order valence-corrected chi connectivity index (χ4v) is 9.59. The number of alkyl halides is 3. The van der Waals surface area contributed by atoms with Gasteiger partial charge in [-0.25, -0.2) is 0 Å². The number of piperidine rings is 1. The molecule has 7 rings (SSSR count). The topological polar surface area (TPSA) is 58.6 Å². The lowest BCUT2D eigenvalue weighted by Gasteiger charge is -2.62. The number of nitrogens with one attached hydrogen (secondary N) is 1. The monoisotopic (exact) mass is 631 g/mol. The van der Waals surface area contributed by atoms with Gasteiger partial charge in [0, 0.05) is 42.2 Å². The number of aliphatic hydroxyl groups is 1. The second-order valence-corrected chi connectivity index (χ2v) is 14.2. The van der Waals surface area contributed by atoms with Gasteiger partial charge < -0.3 is 19.6 Å². The summed E-state index contributed by atoms with van der Waals surface area (Å²) < 4.78 is 50.5. The largest absolute Gasteiger partial charge is 0.506 e. The van der Waals surface area contributed by atoms with Crippen LogP contribution in [0.3, 0.4) is 0 Å². The molecular formula is C38H42F3N2O3+. The summed E-state index contributed by atoms with van der Waals surface area (Å²) >= 11 is 0. The van der Waals surface area contributed by atoms with Gasteiger partial charge in [-0.3, -0.25) is 4.79 Å². The second-order valence-electron chi connectivity index (χ2n) is 14.2. The molecule has 2 aliphatic carbocycles. The lowest BCUT2D eigenvalue weighted by Crippen LogP contribution is -2.72. The van der Waals surface area contributed by atoms with E-state index in [2.05, 4.69) is 49.5 Å². The summed E-state index contributed by atoms with van der Waals surface area (Å²) in [5.74, 6) is -1.03. The van der Waals surface area contributed by atoms with Crippen LogP contribution in [0.4, 0.5) is 18.9 Å². The van der Waals surface area contributed by atoms with Crippen LogP contribution in [0.2, 0.25) is 0 Å². The quantitative estimate of drug-likeness (QED) is 0.151. The van der Waals surface area contributed by atoms with E-state index in [-0.39, 0.29) is 22.8 Å². The molecule has 3 aromatic rings. The minimum Gasteiger partial charge on any atom is -0.506 e. The van der Waals surface area contributed by atoms with Crippen molar-refractivity contribution in [2.24, 2.45) is 11.8 Å². The van der Waals surface area contributed by atoms with Crippen molar-refractivity contribution in [3.8, 4) is 5.75 Å². The first-order valence-electron chi connectivity index (χ1n) is 16.6. The molecule has 0 aromatic heterocycles. The molecular weight excluding hydrogens is 589 g/mol. The molecule has 3 aromatic carbocycles. The highest BCUT2D eigenvalue weighted by molar-refractivity contribution is 6.09. The van der Waals surface area contributed by atoms with Gasteiger partial charge in [0.2, 0.25) is 0 Å². The van der Waals surface area contributed by atoms with Crippen LogP contribution in [0.15, 0.2) is 78.4 Å². The molecule has 2 heterocycles. The van der Waals surface area contributed by atoms with E-state index >= 15 is 0 Å². The summed E-state index contributed by atoms with van der Waals surface area (Å²) in [5.41, 5.74) is 2.00. The van der Waals surface area contributed by atoms with Crippen LogP contribution in [0, 0.1) is 11.8 Å².